The predicted molar refractivity (Wildman–Crippen MR) is 102 cm³/mol. The number of carbonyl (C=O) groups excluding carboxylic acids is 1. The number of carbonyl (C=O) groups is 1. The second-order valence-electron chi connectivity index (χ2n) is 6.33. The molecule has 0 saturated carbocycles. The molecule has 3 aromatic rings. The maximum Gasteiger partial charge on any atom is 0.260 e. The number of amides is 1. The lowest BCUT2D eigenvalue weighted by atomic mass is 10.0. The van der Waals surface area contributed by atoms with Gasteiger partial charge in [-0.1, -0.05) is 67.6 Å². The number of nitrogens with one attached hydrogen (secondary N) is 1. The molecule has 3 rings (SSSR count). The molecule has 0 radical (unpaired) electrons. The van der Waals surface area contributed by atoms with E-state index in [1.54, 1.807) is 6.92 Å². The second-order valence-corrected chi connectivity index (χ2v) is 6.33. The summed E-state index contributed by atoms with van der Waals surface area (Å²) >= 11 is 0. The Morgan fingerprint density at radius 1 is 0.920 bits per heavy atom. The van der Waals surface area contributed by atoms with Crippen LogP contribution < -0.4 is 10.1 Å². The zero-order valence-electron chi connectivity index (χ0n) is 14.6. The summed E-state index contributed by atoms with van der Waals surface area (Å²) in [4.78, 5) is 12.3. The second kappa shape index (κ2) is 7.84. The van der Waals surface area contributed by atoms with E-state index < -0.39 is 6.10 Å². The van der Waals surface area contributed by atoms with E-state index in [1.807, 2.05) is 54.6 Å². The lowest BCUT2D eigenvalue weighted by molar-refractivity contribution is -0.127. The minimum atomic E-state index is -0.538. The van der Waals surface area contributed by atoms with Gasteiger partial charge in [-0.2, -0.15) is 0 Å². The highest BCUT2D eigenvalue weighted by atomic mass is 16.5. The smallest absolute Gasteiger partial charge is 0.260 e. The summed E-state index contributed by atoms with van der Waals surface area (Å²) in [5, 5.41) is 5.23. The molecule has 0 fully saturated rings. The molecule has 0 aromatic heterocycles. The Balaban J connectivity index is 1.56. The van der Waals surface area contributed by atoms with E-state index in [4.69, 9.17) is 4.74 Å². The van der Waals surface area contributed by atoms with Crippen LogP contribution in [0.15, 0.2) is 72.8 Å². The first kappa shape index (κ1) is 17.0. The minimum Gasteiger partial charge on any atom is -0.481 e. The van der Waals surface area contributed by atoms with Crippen molar-refractivity contribution in [2.75, 3.05) is 6.54 Å². The maximum atomic E-state index is 12.3. The third-order valence-electron chi connectivity index (χ3n) is 4.35. The zero-order chi connectivity index (χ0) is 17.6. The van der Waals surface area contributed by atoms with Crippen molar-refractivity contribution in [3.8, 4) is 5.75 Å². The van der Waals surface area contributed by atoms with Crippen LogP contribution >= 0.6 is 0 Å². The third kappa shape index (κ3) is 4.38. The van der Waals surface area contributed by atoms with Gasteiger partial charge in [-0.15, -0.1) is 0 Å². The Morgan fingerprint density at radius 3 is 2.36 bits per heavy atom. The molecule has 3 aromatic carbocycles. The zero-order valence-corrected chi connectivity index (χ0v) is 14.6. The number of hydrogen-bond acceptors (Lipinski definition) is 2. The van der Waals surface area contributed by atoms with Crippen LogP contribution in [0.2, 0.25) is 0 Å². The van der Waals surface area contributed by atoms with Gasteiger partial charge in [0.15, 0.2) is 6.10 Å². The summed E-state index contributed by atoms with van der Waals surface area (Å²) < 4.78 is 5.81. The molecule has 3 heteroatoms. The summed E-state index contributed by atoms with van der Waals surface area (Å²) in [6.07, 6.45) is -0.538. The van der Waals surface area contributed by atoms with Crippen LogP contribution in [0.25, 0.3) is 10.8 Å². The molecule has 3 nitrogen and oxygen atoms in total. The summed E-state index contributed by atoms with van der Waals surface area (Å²) in [6.45, 7) is 4.47. The fourth-order valence-corrected chi connectivity index (χ4v) is 2.80. The monoisotopic (exact) mass is 333 g/mol. The van der Waals surface area contributed by atoms with Crippen LogP contribution in [0.4, 0.5) is 0 Å². The molecular weight excluding hydrogens is 310 g/mol. The van der Waals surface area contributed by atoms with E-state index >= 15 is 0 Å². The van der Waals surface area contributed by atoms with Crippen LogP contribution in [0.1, 0.15) is 25.3 Å². The van der Waals surface area contributed by atoms with Crippen molar-refractivity contribution in [3.05, 3.63) is 78.4 Å². The van der Waals surface area contributed by atoms with Gasteiger partial charge in [-0.3, -0.25) is 4.79 Å². The van der Waals surface area contributed by atoms with Gasteiger partial charge in [0.25, 0.3) is 5.91 Å². The van der Waals surface area contributed by atoms with Crippen LogP contribution in [0.5, 0.6) is 5.75 Å². The van der Waals surface area contributed by atoms with E-state index in [2.05, 4.69) is 30.4 Å². The predicted octanol–water partition coefficient (Wildman–Crippen LogP) is 4.53. The van der Waals surface area contributed by atoms with Gasteiger partial charge in [0, 0.05) is 6.54 Å². The number of benzene rings is 3. The topological polar surface area (TPSA) is 38.3 Å². The lowest BCUT2D eigenvalue weighted by Gasteiger charge is -2.17. The molecule has 0 heterocycles. The van der Waals surface area contributed by atoms with Crippen LogP contribution in [0, 0.1) is 0 Å². The van der Waals surface area contributed by atoms with E-state index in [1.165, 1.54) is 5.56 Å². The Labute approximate surface area is 148 Å². The van der Waals surface area contributed by atoms with Gasteiger partial charge < -0.3 is 10.1 Å². The summed E-state index contributed by atoms with van der Waals surface area (Å²) in [7, 11) is 0. The van der Waals surface area contributed by atoms with Crippen molar-refractivity contribution in [3.63, 3.8) is 0 Å². The van der Waals surface area contributed by atoms with Gasteiger partial charge in [0.1, 0.15) is 5.75 Å². The molecule has 128 valence electrons. The molecule has 25 heavy (non-hydrogen) atoms. The summed E-state index contributed by atoms with van der Waals surface area (Å²) in [5.74, 6) is 0.867. The molecular formula is C22H23NO2. The minimum absolute atomic E-state index is 0.101. The van der Waals surface area contributed by atoms with Crippen molar-refractivity contribution < 1.29 is 9.53 Å². The van der Waals surface area contributed by atoms with Gasteiger partial charge in [0.2, 0.25) is 0 Å². The Morgan fingerprint density at radius 2 is 1.60 bits per heavy atom. The first-order chi connectivity index (χ1) is 12.1. The van der Waals surface area contributed by atoms with Crippen LogP contribution in [0.3, 0.4) is 0 Å². The van der Waals surface area contributed by atoms with Crippen molar-refractivity contribution in [1.82, 2.24) is 5.32 Å². The first-order valence-electron chi connectivity index (χ1n) is 8.61. The molecule has 0 aliphatic carbocycles. The molecule has 0 unspecified atom stereocenters. The molecule has 0 aliphatic rings. The molecule has 2 atom stereocenters. The van der Waals surface area contributed by atoms with Gasteiger partial charge in [-0.05, 0) is 41.3 Å². The third-order valence-corrected chi connectivity index (χ3v) is 4.35. The average molecular weight is 333 g/mol. The largest absolute Gasteiger partial charge is 0.481 e. The van der Waals surface area contributed by atoms with E-state index in [9.17, 15) is 4.79 Å². The quantitative estimate of drug-likeness (QED) is 0.720. The molecule has 1 amide bonds. The highest BCUT2D eigenvalue weighted by molar-refractivity contribution is 5.84. The van der Waals surface area contributed by atoms with E-state index in [0.717, 1.165) is 10.8 Å². The lowest BCUT2D eigenvalue weighted by Crippen LogP contribution is -2.38. The van der Waals surface area contributed by atoms with Crippen LogP contribution in [-0.2, 0) is 4.79 Å². The number of ether oxygens (including phenoxy) is 1. The molecule has 0 aliphatic heterocycles. The maximum absolute atomic E-state index is 12.3. The Hall–Kier alpha value is -2.81. The highest BCUT2D eigenvalue weighted by Gasteiger charge is 2.16. The Kier molecular flexibility index (Phi) is 5.34. The molecule has 0 spiro atoms. The van der Waals surface area contributed by atoms with Crippen molar-refractivity contribution in [2.45, 2.75) is 25.9 Å². The highest BCUT2D eigenvalue weighted by Crippen LogP contribution is 2.21. The van der Waals surface area contributed by atoms with E-state index in [-0.39, 0.29) is 11.8 Å². The van der Waals surface area contributed by atoms with Crippen LogP contribution in [-0.4, -0.2) is 18.6 Å². The van der Waals surface area contributed by atoms with Gasteiger partial charge in [-0.25, -0.2) is 0 Å². The Bertz CT molecular complexity index is 845. The number of rotatable bonds is 6. The average Bonchev–Trinajstić information content (AvgIpc) is 2.66. The fraction of sp³-hybridized carbons (Fsp3) is 0.227. The van der Waals surface area contributed by atoms with Gasteiger partial charge >= 0.3 is 0 Å². The molecule has 0 saturated heterocycles. The van der Waals surface area contributed by atoms with Gasteiger partial charge in [0.05, 0.1) is 0 Å². The standard InChI is InChI=1S/C22H23NO2/c1-16(18-8-4-3-5-9-18)15-23-22(24)17(2)25-21-13-12-19-10-6-7-11-20(19)14-21/h3-14,16-17H,15H2,1-2H3,(H,23,24)/t16-,17+/m0/s1. The number of hydrogen-bond donors (Lipinski definition) is 1. The normalized spacial score (nSPS) is 13.2. The van der Waals surface area contributed by atoms with Crippen molar-refractivity contribution in [2.24, 2.45) is 0 Å². The molecule has 1 N–H and O–H groups in total. The SMILES string of the molecule is C[C@@H](Oc1ccc2ccccc2c1)C(=O)NC[C@H](C)c1ccccc1. The fourth-order valence-electron chi connectivity index (χ4n) is 2.80. The van der Waals surface area contributed by atoms with Crippen molar-refractivity contribution >= 4 is 16.7 Å². The van der Waals surface area contributed by atoms with Crippen molar-refractivity contribution in [1.29, 1.82) is 0 Å². The first-order valence-corrected chi connectivity index (χ1v) is 8.61. The van der Waals surface area contributed by atoms with E-state index in [0.29, 0.717) is 12.3 Å². The summed E-state index contributed by atoms with van der Waals surface area (Å²) in [5.41, 5.74) is 1.21. The number of fused-ring (bicyclic) bond motifs is 1. The summed E-state index contributed by atoms with van der Waals surface area (Å²) in [6, 6.07) is 24.1. The molecule has 0 bridgehead atoms.